The summed E-state index contributed by atoms with van der Waals surface area (Å²) in [6, 6.07) is 6.17. The van der Waals surface area contributed by atoms with E-state index in [1.807, 2.05) is 13.2 Å². The molecular weight excluding hydrogens is 359 g/mol. The van der Waals surface area contributed by atoms with E-state index < -0.39 is 0 Å². The van der Waals surface area contributed by atoms with Crippen molar-refractivity contribution in [3.63, 3.8) is 0 Å². The third-order valence-corrected chi connectivity index (χ3v) is 5.12. The van der Waals surface area contributed by atoms with Crippen LogP contribution < -0.4 is 5.32 Å². The van der Waals surface area contributed by atoms with E-state index in [1.165, 1.54) is 47.6 Å². The number of benzene rings is 1. The number of thioether (sulfide) groups is 1. The predicted octanol–water partition coefficient (Wildman–Crippen LogP) is 4.28. The summed E-state index contributed by atoms with van der Waals surface area (Å²) in [5, 5.41) is 3.88. The third kappa shape index (κ3) is 4.02. The lowest BCUT2D eigenvalue weighted by atomic mass is 10.1. The van der Waals surface area contributed by atoms with Gasteiger partial charge in [-0.15, -0.1) is 11.3 Å². The fourth-order valence-electron chi connectivity index (χ4n) is 2.19. The largest absolute Gasteiger partial charge is 0.298 e. The Balaban J connectivity index is 1.82. The van der Waals surface area contributed by atoms with Gasteiger partial charge in [-0.3, -0.25) is 10.1 Å². The molecule has 2 aromatic heterocycles. The van der Waals surface area contributed by atoms with E-state index in [0.717, 1.165) is 22.6 Å². The highest BCUT2D eigenvalue weighted by molar-refractivity contribution is 7.98. The molecule has 0 saturated heterocycles. The maximum atomic E-state index is 13.1. The average molecular weight is 374 g/mol. The van der Waals surface area contributed by atoms with Gasteiger partial charge in [0.2, 0.25) is 0 Å². The average Bonchev–Trinajstić information content (AvgIpc) is 3.05. The number of anilines is 1. The van der Waals surface area contributed by atoms with E-state index in [4.69, 9.17) is 0 Å². The predicted molar refractivity (Wildman–Crippen MR) is 98.7 cm³/mol. The van der Waals surface area contributed by atoms with E-state index >= 15 is 0 Å². The second-order valence-corrected chi connectivity index (χ2v) is 6.92. The van der Waals surface area contributed by atoms with Gasteiger partial charge in [0.05, 0.1) is 11.3 Å². The summed E-state index contributed by atoms with van der Waals surface area (Å²) in [5.41, 5.74) is 1.95. The van der Waals surface area contributed by atoms with Gasteiger partial charge in [0.15, 0.2) is 10.3 Å². The molecule has 1 amide bonds. The van der Waals surface area contributed by atoms with Gasteiger partial charge in [-0.25, -0.2) is 19.3 Å². The molecule has 3 rings (SSSR count). The van der Waals surface area contributed by atoms with Gasteiger partial charge in [-0.2, -0.15) is 0 Å². The Bertz CT molecular complexity index is 879. The first-order chi connectivity index (χ1) is 12.1. The highest BCUT2D eigenvalue weighted by atomic mass is 32.2. The van der Waals surface area contributed by atoms with Gasteiger partial charge < -0.3 is 0 Å². The SMILES string of the molecule is CCc1sc(NC(=O)c2cnc(SC)nc2)nc1-c1ccc(F)cc1. The number of carbonyl (C=O) groups is 1. The Morgan fingerprint density at radius 2 is 1.92 bits per heavy atom. The summed E-state index contributed by atoms with van der Waals surface area (Å²) in [7, 11) is 0. The number of aromatic nitrogens is 3. The van der Waals surface area contributed by atoms with Crippen LogP contribution in [0.4, 0.5) is 9.52 Å². The molecule has 1 N–H and O–H groups in total. The smallest absolute Gasteiger partial charge is 0.260 e. The maximum Gasteiger partial charge on any atom is 0.260 e. The molecule has 0 spiro atoms. The molecule has 0 fully saturated rings. The van der Waals surface area contributed by atoms with E-state index in [9.17, 15) is 9.18 Å². The first kappa shape index (κ1) is 17.5. The lowest BCUT2D eigenvalue weighted by molar-refractivity contribution is 0.102. The summed E-state index contributed by atoms with van der Waals surface area (Å²) in [6.45, 7) is 2.01. The van der Waals surface area contributed by atoms with Gasteiger partial charge in [0.25, 0.3) is 5.91 Å². The zero-order valence-corrected chi connectivity index (χ0v) is 15.2. The standard InChI is InChI=1S/C17H15FN4OS2/c1-3-13-14(10-4-6-12(18)7-5-10)21-17(25-13)22-15(23)11-8-19-16(24-2)20-9-11/h4-9H,3H2,1-2H3,(H,21,22,23). The molecule has 1 aromatic carbocycles. The van der Waals surface area contributed by atoms with Crippen molar-refractivity contribution in [3.05, 3.63) is 52.9 Å². The molecule has 3 aromatic rings. The lowest BCUT2D eigenvalue weighted by Gasteiger charge is -2.01. The highest BCUT2D eigenvalue weighted by Gasteiger charge is 2.15. The molecule has 5 nitrogen and oxygen atoms in total. The molecule has 8 heteroatoms. The van der Waals surface area contributed by atoms with Crippen molar-refractivity contribution in [3.8, 4) is 11.3 Å². The minimum atomic E-state index is -0.310. The normalized spacial score (nSPS) is 10.7. The second kappa shape index (κ2) is 7.71. The molecule has 25 heavy (non-hydrogen) atoms. The van der Waals surface area contributed by atoms with Crippen LogP contribution in [0.25, 0.3) is 11.3 Å². The van der Waals surface area contributed by atoms with Crippen LogP contribution in [-0.4, -0.2) is 27.1 Å². The minimum Gasteiger partial charge on any atom is -0.298 e. The topological polar surface area (TPSA) is 67.8 Å². The quantitative estimate of drug-likeness (QED) is 0.533. The Hall–Kier alpha value is -2.32. The van der Waals surface area contributed by atoms with Gasteiger partial charge in [0, 0.05) is 22.8 Å². The number of amides is 1. The van der Waals surface area contributed by atoms with Crippen molar-refractivity contribution >= 4 is 34.1 Å². The van der Waals surface area contributed by atoms with Crippen LogP contribution >= 0.6 is 23.1 Å². The molecule has 0 aliphatic rings. The van der Waals surface area contributed by atoms with Crippen LogP contribution in [0.2, 0.25) is 0 Å². The van der Waals surface area contributed by atoms with Crippen molar-refractivity contribution < 1.29 is 9.18 Å². The molecule has 0 aliphatic carbocycles. The molecule has 0 unspecified atom stereocenters. The fourth-order valence-corrected chi connectivity index (χ4v) is 3.42. The second-order valence-electron chi connectivity index (χ2n) is 5.06. The van der Waals surface area contributed by atoms with Crippen molar-refractivity contribution in [2.75, 3.05) is 11.6 Å². The molecule has 0 bridgehead atoms. The van der Waals surface area contributed by atoms with Gasteiger partial charge in [0.1, 0.15) is 5.82 Å². The van der Waals surface area contributed by atoms with Crippen molar-refractivity contribution in [1.82, 2.24) is 15.0 Å². The Labute approximate surface area is 152 Å². The molecule has 128 valence electrons. The summed E-state index contributed by atoms with van der Waals surface area (Å²) < 4.78 is 13.1. The Morgan fingerprint density at radius 1 is 1.24 bits per heavy atom. The molecule has 0 saturated carbocycles. The number of nitrogens with one attached hydrogen (secondary N) is 1. The fraction of sp³-hybridized carbons (Fsp3) is 0.176. The van der Waals surface area contributed by atoms with Crippen LogP contribution in [-0.2, 0) is 6.42 Å². The number of hydrogen-bond donors (Lipinski definition) is 1. The van der Waals surface area contributed by atoms with E-state index in [2.05, 4.69) is 20.3 Å². The number of halogens is 1. The van der Waals surface area contributed by atoms with Gasteiger partial charge in [-0.05, 0) is 36.9 Å². The monoisotopic (exact) mass is 374 g/mol. The summed E-state index contributed by atoms with van der Waals surface area (Å²) in [4.78, 5) is 26.0. The lowest BCUT2D eigenvalue weighted by Crippen LogP contribution is -2.12. The zero-order chi connectivity index (χ0) is 17.8. The zero-order valence-electron chi connectivity index (χ0n) is 13.6. The first-order valence-electron chi connectivity index (χ1n) is 7.53. The first-order valence-corrected chi connectivity index (χ1v) is 9.58. The van der Waals surface area contributed by atoms with E-state index in [1.54, 1.807) is 12.1 Å². The number of nitrogens with zero attached hydrogens (tertiary/aromatic N) is 3. The number of carbonyl (C=O) groups excluding carboxylic acids is 1. The van der Waals surface area contributed by atoms with Crippen LogP contribution in [0.15, 0.2) is 41.8 Å². The van der Waals surface area contributed by atoms with Crippen molar-refractivity contribution in [2.24, 2.45) is 0 Å². The van der Waals surface area contributed by atoms with Crippen LogP contribution in [0.3, 0.4) is 0 Å². The van der Waals surface area contributed by atoms with E-state index in [0.29, 0.717) is 15.9 Å². The van der Waals surface area contributed by atoms with Gasteiger partial charge >= 0.3 is 0 Å². The molecule has 0 radical (unpaired) electrons. The van der Waals surface area contributed by atoms with Crippen LogP contribution in [0.5, 0.6) is 0 Å². The summed E-state index contributed by atoms with van der Waals surface area (Å²) in [5.74, 6) is -0.603. The summed E-state index contributed by atoms with van der Waals surface area (Å²) >= 11 is 2.82. The third-order valence-electron chi connectivity index (χ3n) is 3.43. The molecule has 2 heterocycles. The number of hydrogen-bond acceptors (Lipinski definition) is 6. The van der Waals surface area contributed by atoms with Crippen LogP contribution in [0, 0.1) is 5.82 Å². The number of aryl methyl sites for hydroxylation is 1. The maximum absolute atomic E-state index is 13.1. The van der Waals surface area contributed by atoms with E-state index in [-0.39, 0.29) is 11.7 Å². The minimum absolute atomic E-state index is 0.292. The van der Waals surface area contributed by atoms with Crippen molar-refractivity contribution in [2.45, 2.75) is 18.5 Å². The van der Waals surface area contributed by atoms with Gasteiger partial charge in [-0.1, -0.05) is 18.7 Å². The number of thiazole rings is 1. The Morgan fingerprint density at radius 3 is 2.52 bits per heavy atom. The molecule has 0 atom stereocenters. The van der Waals surface area contributed by atoms with Crippen LogP contribution in [0.1, 0.15) is 22.2 Å². The molecule has 0 aliphatic heterocycles. The van der Waals surface area contributed by atoms with Crippen molar-refractivity contribution in [1.29, 1.82) is 0 Å². The summed E-state index contributed by atoms with van der Waals surface area (Å²) in [6.07, 6.45) is 5.62. The number of rotatable bonds is 5. The highest BCUT2D eigenvalue weighted by Crippen LogP contribution is 2.31. The Kier molecular flexibility index (Phi) is 5.40. The molecular formula is C17H15FN4OS2.